The van der Waals surface area contributed by atoms with Crippen LogP contribution in [0.4, 0.5) is 23.1 Å². The van der Waals surface area contributed by atoms with Crippen LogP contribution in [0.3, 0.4) is 0 Å². The highest BCUT2D eigenvalue weighted by Crippen LogP contribution is 2.33. The van der Waals surface area contributed by atoms with Gasteiger partial charge in [-0.15, -0.1) is 0 Å². The standard InChI is InChI=1S/C19H19N5O/c1-13-5-6-16(25-2)10-17(13)22-19-21-11-14-7-9-24(18(14)23-19)15-4-3-8-20-12-15/h3-6,8,10-12H,7,9H2,1-2H3,(H,21,22,23). The number of hydrogen-bond acceptors (Lipinski definition) is 6. The number of hydrogen-bond donors (Lipinski definition) is 1. The molecule has 2 aromatic heterocycles. The van der Waals surface area contributed by atoms with Crippen molar-refractivity contribution in [1.29, 1.82) is 0 Å². The Morgan fingerprint density at radius 2 is 2.12 bits per heavy atom. The summed E-state index contributed by atoms with van der Waals surface area (Å²) in [4.78, 5) is 15.6. The van der Waals surface area contributed by atoms with Gasteiger partial charge in [-0.3, -0.25) is 4.98 Å². The maximum Gasteiger partial charge on any atom is 0.229 e. The average Bonchev–Trinajstić information content (AvgIpc) is 3.07. The molecule has 25 heavy (non-hydrogen) atoms. The highest BCUT2D eigenvalue weighted by Gasteiger charge is 2.23. The molecule has 0 bridgehead atoms. The summed E-state index contributed by atoms with van der Waals surface area (Å²) in [6, 6.07) is 9.88. The van der Waals surface area contributed by atoms with Crippen LogP contribution in [-0.4, -0.2) is 28.6 Å². The molecule has 1 aliphatic heterocycles. The molecule has 3 aromatic rings. The molecule has 1 aliphatic rings. The average molecular weight is 333 g/mol. The van der Waals surface area contributed by atoms with Gasteiger partial charge in [0.1, 0.15) is 11.6 Å². The van der Waals surface area contributed by atoms with Crippen molar-refractivity contribution in [3.63, 3.8) is 0 Å². The number of nitrogens with zero attached hydrogens (tertiary/aromatic N) is 4. The lowest BCUT2D eigenvalue weighted by atomic mass is 10.2. The molecule has 0 spiro atoms. The Morgan fingerprint density at radius 3 is 2.92 bits per heavy atom. The maximum atomic E-state index is 5.30. The van der Waals surface area contributed by atoms with Crippen LogP contribution in [0.1, 0.15) is 11.1 Å². The number of fused-ring (bicyclic) bond motifs is 1. The number of pyridine rings is 1. The third-order valence-electron chi connectivity index (χ3n) is 4.35. The summed E-state index contributed by atoms with van der Waals surface area (Å²) in [7, 11) is 1.66. The van der Waals surface area contributed by atoms with Gasteiger partial charge in [-0.25, -0.2) is 4.98 Å². The number of benzene rings is 1. The summed E-state index contributed by atoms with van der Waals surface area (Å²) in [5.74, 6) is 2.31. The SMILES string of the molecule is COc1ccc(C)c(Nc2ncc3c(n2)N(c2cccnc2)CC3)c1. The Hall–Kier alpha value is -3.15. The predicted octanol–water partition coefficient (Wildman–Crippen LogP) is 3.63. The fourth-order valence-electron chi connectivity index (χ4n) is 2.95. The van der Waals surface area contributed by atoms with E-state index in [9.17, 15) is 0 Å². The molecule has 0 unspecified atom stereocenters. The van der Waals surface area contributed by atoms with Gasteiger partial charge in [0.2, 0.25) is 5.95 Å². The van der Waals surface area contributed by atoms with Crippen molar-refractivity contribution in [1.82, 2.24) is 15.0 Å². The lowest BCUT2D eigenvalue weighted by molar-refractivity contribution is 0.415. The summed E-state index contributed by atoms with van der Waals surface area (Å²) in [6.07, 6.45) is 6.47. The number of anilines is 4. The highest BCUT2D eigenvalue weighted by atomic mass is 16.5. The van der Waals surface area contributed by atoms with E-state index in [1.165, 1.54) is 0 Å². The van der Waals surface area contributed by atoms with Crippen LogP contribution in [0.15, 0.2) is 48.9 Å². The Kier molecular flexibility index (Phi) is 3.93. The molecule has 4 rings (SSSR count). The predicted molar refractivity (Wildman–Crippen MR) is 98.0 cm³/mol. The number of methoxy groups -OCH3 is 1. The lowest BCUT2D eigenvalue weighted by Crippen LogP contribution is -2.15. The molecule has 0 fully saturated rings. The minimum absolute atomic E-state index is 0.575. The van der Waals surface area contributed by atoms with Gasteiger partial charge in [0, 0.05) is 36.3 Å². The summed E-state index contributed by atoms with van der Waals surface area (Å²) in [5.41, 5.74) is 4.24. The first-order chi connectivity index (χ1) is 12.2. The molecule has 0 amide bonds. The fraction of sp³-hybridized carbons (Fsp3) is 0.211. The van der Waals surface area contributed by atoms with Crippen LogP contribution < -0.4 is 15.0 Å². The lowest BCUT2D eigenvalue weighted by Gasteiger charge is -2.18. The molecule has 6 nitrogen and oxygen atoms in total. The largest absolute Gasteiger partial charge is 0.497 e. The molecule has 1 N–H and O–H groups in total. The van der Waals surface area contributed by atoms with E-state index in [-0.39, 0.29) is 0 Å². The van der Waals surface area contributed by atoms with Crippen molar-refractivity contribution < 1.29 is 4.74 Å². The van der Waals surface area contributed by atoms with E-state index in [0.717, 1.165) is 47.0 Å². The second-order valence-corrected chi connectivity index (χ2v) is 5.96. The van der Waals surface area contributed by atoms with Gasteiger partial charge in [0.05, 0.1) is 19.0 Å². The Labute approximate surface area is 146 Å². The minimum atomic E-state index is 0.575. The van der Waals surface area contributed by atoms with Gasteiger partial charge in [-0.05, 0) is 37.1 Å². The van der Waals surface area contributed by atoms with Crippen molar-refractivity contribution in [3.8, 4) is 5.75 Å². The molecular weight excluding hydrogens is 314 g/mol. The zero-order chi connectivity index (χ0) is 17.2. The summed E-state index contributed by atoms with van der Waals surface area (Å²) in [6.45, 7) is 2.93. The van der Waals surface area contributed by atoms with Gasteiger partial charge in [-0.1, -0.05) is 6.07 Å². The van der Waals surface area contributed by atoms with E-state index < -0.39 is 0 Å². The maximum absolute atomic E-state index is 5.30. The van der Waals surface area contributed by atoms with Gasteiger partial charge in [0.15, 0.2) is 0 Å². The smallest absolute Gasteiger partial charge is 0.229 e. The van der Waals surface area contributed by atoms with Crippen molar-refractivity contribution in [3.05, 3.63) is 60.0 Å². The van der Waals surface area contributed by atoms with Gasteiger partial charge in [0.25, 0.3) is 0 Å². The molecule has 126 valence electrons. The van der Waals surface area contributed by atoms with E-state index in [1.54, 1.807) is 13.3 Å². The molecule has 0 saturated heterocycles. The third-order valence-corrected chi connectivity index (χ3v) is 4.35. The first-order valence-electron chi connectivity index (χ1n) is 8.20. The van der Waals surface area contributed by atoms with E-state index in [1.807, 2.05) is 49.6 Å². The Morgan fingerprint density at radius 1 is 1.20 bits per heavy atom. The Balaban J connectivity index is 1.66. The molecule has 1 aromatic carbocycles. The topological polar surface area (TPSA) is 63.2 Å². The number of rotatable bonds is 4. The molecule has 0 aliphatic carbocycles. The summed E-state index contributed by atoms with van der Waals surface area (Å²) < 4.78 is 5.30. The zero-order valence-electron chi connectivity index (χ0n) is 14.2. The van der Waals surface area contributed by atoms with Gasteiger partial charge < -0.3 is 15.0 Å². The van der Waals surface area contributed by atoms with Crippen molar-refractivity contribution in [2.75, 3.05) is 23.9 Å². The highest BCUT2D eigenvalue weighted by molar-refractivity contribution is 5.68. The Bertz CT molecular complexity index is 898. The van der Waals surface area contributed by atoms with Crippen LogP contribution in [0.2, 0.25) is 0 Å². The van der Waals surface area contributed by atoms with E-state index in [0.29, 0.717) is 5.95 Å². The first kappa shape index (κ1) is 15.4. The molecule has 3 heterocycles. The third kappa shape index (κ3) is 2.98. The van der Waals surface area contributed by atoms with Crippen molar-refractivity contribution >= 4 is 23.1 Å². The quantitative estimate of drug-likeness (QED) is 0.787. The van der Waals surface area contributed by atoms with Crippen LogP contribution in [0.5, 0.6) is 5.75 Å². The summed E-state index contributed by atoms with van der Waals surface area (Å²) in [5, 5.41) is 3.30. The van der Waals surface area contributed by atoms with Crippen LogP contribution in [-0.2, 0) is 6.42 Å². The van der Waals surface area contributed by atoms with Crippen molar-refractivity contribution in [2.24, 2.45) is 0 Å². The molecule has 6 heteroatoms. The molecule has 0 radical (unpaired) electrons. The van der Waals surface area contributed by atoms with Crippen LogP contribution in [0.25, 0.3) is 0 Å². The number of ether oxygens (including phenoxy) is 1. The van der Waals surface area contributed by atoms with Gasteiger partial charge in [-0.2, -0.15) is 4.98 Å². The fourth-order valence-corrected chi connectivity index (χ4v) is 2.95. The second kappa shape index (κ2) is 6.39. The van der Waals surface area contributed by atoms with E-state index in [4.69, 9.17) is 9.72 Å². The molecule has 0 atom stereocenters. The van der Waals surface area contributed by atoms with Crippen LogP contribution >= 0.6 is 0 Å². The van der Waals surface area contributed by atoms with E-state index in [2.05, 4.69) is 20.2 Å². The number of nitrogens with one attached hydrogen (secondary N) is 1. The first-order valence-corrected chi connectivity index (χ1v) is 8.20. The van der Waals surface area contributed by atoms with Crippen molar-refractivity contribution in [2.45, 2.75) is 13.3 Å². The zero-order valence-corrected chi connectivity index (χ0v) is 14.2. The monoisotopic (exact) mass is 333 g/mol. The van der Waals surface area contributed by atoms with Crippen LogP contribution in [0, 0.1) is 6.92 Å². The number of aromatic nitrogens is 3. The second-order valence-electron chi connectivity index (χ2n) is 5.96. The normalized spacial score (nSPS) is 12.8. The summed E-state index contributed by atoms with van der Waals surface area (Å²) >= 11 is 0. The van der Waals surface area contributed by atoms with E-state index >= 15 is 0 Å². The minimum Gasteiger partial charge on any atom is -0.497 e. The van der Waals surface area contributed by atoms with Gasteiger partial charge >= 0.3 is 0 Å². The molecule has 0 saturated carbocycles. The molecular formula is C19H19N5O. The number of aryl methyl sites for hydroxylation is 1.